The predicted octanol–water partition coefficient (Wildman–Crippen LogP) is 5.03. The number of imidazole rings is 1. The van der Waals surface area contributed by atoms with E-state index < -0.39 is 11.7 Å². The molecular weight excluding hydrogens is 475 g/mol. The van der Waals surface area contributed by atoms with Gasteiger partial charge in [0.1, 0.15) is 29.3 Å². The van der Waals surface area contributed by atoms with Crippen LogP contribution in [0.4, 0.5) is 19.1 Å². The average Bonchev–Trinajstić information content (AvgIpc) is 3.29. The van der Waals surface area contributed by atoms with E-state index in [1.807, 2.05) is 12.3 Å². The third kappa shape index (κ3) is 5.08. The van der Waals surface area contributed by atoms with E-state index in [1.165, 1.54) is 17.1 Å². The first-order valence-corrected chi connectivity index (χ1v) is 11.6. The standard InChI is InChI=1S/C21H19ClF3N7S/c1-33-32-7-5-14(6-8-32)29-20-27-10-15(21(23,24)25)19(30-20)16-11-31(12-28-16)17-4-2-3-13(9-26)18(17)22/h2-4,10-12,14H,5-8H2,1H3,(H,27,29,30). The van der Waals surface area contributed by atoms with Crippen LogP contribution in [0.1, 0.15) is 24.0 Å². The molecule has 1 aliphatic rings. The molecule has 1 aliphatic heterocycles. The SMILES string of the molecule is CSN1CCC(Nc2ncc(C(F)(F)F)c(-c3cn(-c4cccc(C#N)c4Cl)cn3)n2)CC1. The number of aromatic nitrogens is 4. The van der Waals surface area contributed by atoms with Gasteiger partial charge in [-0.3, -0.25) is 4.31 Å². The Morgan fingerprint density at radius 3 is 2.67 bits per heavy atom. The summed E-state index contributed by atoms with van der Waals surface area (Å²) < 4.78 is 44.8. The van der Waals surface area contributed by atoms with Gasteiger partial charge in [-0.25, -0.2) is 15.0 Å². The molecule has 7 nitrogen and oxygen atoms in total. The fourth-order valence-electron chi connectivity index (χ4n) is 3.60. The molecule has 12 heteroatoms. The van der Waals surface area contributed by atoms with Crippen molar-refractivity contribution in [2.45, 2.75) is 25.1 Å². The van der Waals surface area contributed by atoms with E-state index in [0.717, 1.165) is 32.1 Å². The topological polar surface area (TPSA) is 82.7 Å². The van der Waals surface area contributed by atoms with Crippen molar-refractivity contribution in [3.63, 3.8) is 0 Å². The summed E-state index contributed by atoms with van der Waals surface area (Å²) in [6.45, 7) is 1.75. The van der Waals surface area contributed by atoms with Crippen molar-refractivity contribution >= 4 is 29.5 Å². The highest BCUT2D eigenvalue weighted by Crippen LogP contribution is 2.36. The molecule has 0 radical (unpaired) electrons. The Bertz CT molecular complexity index is 1180. The Labute approximate surface area is 197 Å². The van der Waals surface area contributed by atoms with Crippen LogP contribution in [0.15, 0.2) is 36.9 Å². The van der Waals surface area contributed by atoms with Gasteiger partial charge in [0.15, 0.2) is 0 Å². The van der Waals surface area contributed by atoms with Crippen LogP contribution in [0, 0.1) is 11.3 Å². The maximum absolute atomic E-state index is 13.7. The van der Waals surface area contributed by atoms with Gasteiger partial charge in [-0.1, -0.05) is 29.6 Å². The number of nitrogens with zero attached hydrogens (tertiary/aromatic N) is 6. The molecule has 2 aromatic heterocycles. The second-order valence-electron chi connectivity index (χ2n) is 7.40. The summed E-state index contributed by atoms with van der Waals surface area (Å²) in [5, 5.41) is 12.5. The van der Waals surface area contributed by atoms with Crippen molar-refractivity contribution < 1.29 is 13.2 Å². The summed E-state index contributed by atoms with van der Waals surface area (Å²) in [4.78, 5) is 12.2. The van der Waals surface area contributed by atoms with Crippen LogP contribution < -0.4 is 5.32 Å². The zero-order chi connectivity index (χ0) is 23.6. The highest BCUT2D eigenvalue weighted by Gasteiger charge is 2.36. The third-order valence-electron chi connectivity index (χ3n) is 5.34. The Morgan fingerprint density at radius 2 is 2.00 bits per heavy atom. The number of nitriles is 1. The van der Waals surface area contributed by atoms with Gasteiger partial charge in [-0.05, 0) is 31.2 Å². The number of piperidine rings is 1. The van der Waals surface area contributed by atoms with E-state index in [1.54, 1.807) is 30.1 Å². The van der Waals surface area contributed by atoms with E-state index in [9.17, 15) is 18.4 Å². The van der Waals surface area contributed by atoms with Crippen molar-refractivity contribution in [2.75, 3.05) is 24.7 Å². The molecule has 3 aromatic rings. The minimum Gasteiger partial charge on any atom is -0.351 e. The Hall–Kier alpha value is -2.81. The number of hydrogen-bond donors (Lipinski definition) is 1. The minimum atomic E-state index is -4.65. The first kappa shape index (κ1) is 23.4. The number of nitrogens with one attached hydrogen (secondary N) is 1. The van der Waals surface area contributed by atoms with Gasteiger partial charge >= 0.3 is 6.18 Å². The molecule has 0 amide bonds. The van der Waals surface area contributed by atoms with E-state index in [4.69, 9.17) is 11.6 Å². The number of alkyl halides is 3. The quantitative estimate of drug-likeness (QED) is 0.499. The molecule has 1 N–H and O–H groups in total. The van der Waals surface area contributed by atoms with E-state index in [2.05, 4.69) is 24.6 Å². The molecule has 0 atom stereocenters. The van der Waals surface area contributed by atoms with Crippen molar-refractivity contribution in [1.82, 2.24) is 23.8 Å². The third-order valence-corrected chi connectivity index (χ3v) is 6.62. The zero-order valence-corrected chi connectivity index (χ0v) is 19.0. The normalized spacial score (nSPS) is 15.4. The lowest BCUT2D eigenvalue weighted by Crippen LogP contribution is -2.35. The fraction of sp³-hybridized carbons (Fsp3) is 0.333. The van der Waals surface area contributed by atoms with Gasteiger partial charge < -0.3 is 9.88 Å². The minimum absolute atomic E-state index is 0.0170. The van der Waals surface area contributed by atoms with Crippen molar-refractivity contribution in [1.29, 1.82) is 5.26 Å². The summed E-state index contributed by atoms with van der Waals surface area (Å²) in [5.41, 5.74) is -0.610. The number of hydrogen-bond acceptors (Lipinski definition) is 7. The second kappa shape index (κ2) is 9.59. The molecule has 0 aliphatic carbocycles. The van der Waals surface area contributed by atoms with E-state index in [-0.39, 0.29) is 34.0 Å². The van der Waals surface area contributed by atoms with Crippen molar-refractivity contribution in [2.24, 2.45) is 0 Å². The number of anilines is 1. The number of rotatable bonds is 5. The van der Waals surface area contributed by atoms with Gasteiger partial charge in [0.05, 0.1) is 16.3 Å². The Kier molecular flexibility index (Phi) is 6.78. The van der Waals surface area contributed by atoms with Crippen LogP contribution >= 0.6 is 23.5 Å². The van der Waals surface area contributed by atoms with Crippen LogP contribution in [-0.4, -0.2) is 49.2 Å². The predicted molar refractivity (Wildman–Crippen MR) is 121 cm³/mol. The molecule has 0 spiro atoms. The van der Waals surface area contributed by atoms with Crippen LogP contribution in [0.5, 0.6) is 0 Å². The molecule has 172 valence electrons. The summed E-state index contributed by atoms with van der Waals surface area (Å²) in [6, 6.07) is 6.88. The molecule has 1 aromatic carbocycles. The van der Waals surface area contributed by atoms with Crippen molar-refractivity contribution in [3.05, 3.63) is 53.1 Å². The molecular formula is C21H19ClF3N7S. The maximum atomic E-state index is 13.7. The molecule has 3 heterocycles. The first-order chi connectivity index (χ1) is 15.8. The Balaban J connectivity index is 1.67. The van der Waals surface area contributed by atoms with Gasteiger partial charge in [0, 0.05) is 31.5 Å². The van der Waals surface area contributed by atoms with E-state index in [0.29, 0.717) is 5.69 Å². The molecule has 1 fully saturated rings. The monoisotopic (exact) mass is 493 g/mol. The largest absolute Gasteiger partial charge is 0.420 e. The summed E-state index contributed by atoms with van der Waals surface area (Å²) >= 11 is 7.94. The smallest absolute Gasteiger partial charge is 0.351 e. The second-order valence-corrected chi connectivity index (χ2v) is 8.66. The van der Waals surface area contributed by atoms with Crippen LogP contribution in [0.3, 0.4) is 0 Å². The summed E-state index contributed by atoms with van der Waals surface area (Å²) in [7, 11) is 0. The first-order valence-electron chi connectivity index (χ1n) is 10.0. The highest BCUT2D eigenvalue weighted by molar-refractivity contribution is 7.96. The van der Waals surface area contributed by atoms with Crippen LogP contribution in [0.2, 0.25) is 5.02 Å². The number of halogens is 4. The van der Waals surface area contributed by atoms with Gasteiger partial charge in [-0.15, -0.1) is 0 Å². The highest BCUT2D eigenvalue weighted by atomic mass is 35.5. The fourth-order valence-corrected chi connectivity index (χ4v) is 4.44. The maximum Gasteiger partial charge on any atom is 0.420 e. The van der Waals surface area contributed by atoms with Crippen LogP contribution in [0.25, 0.3) is 17.1 Å². The molecule has 0 bridgehead atoms. The van der Waals surface area contributed by atoms with Gasteiger partial charge in [-0.2, -0.15) is 18.4 Å². The lowest BCUT2D eigenvalue weighted by atomic mass is 10.1. The summed E-state index contributed by atoms with van der Waals surface area (Å²) in [5.74, 6) is 0.125. The summed E-state index contributed by atoms with van der Waals surface area (Å²) in [6.07, 6.45) is 2.56. The molecule has 4 rings (SSSR count). The molecule has 0 saturated carbocycles. The lowest BCUT2D eigenvalue weighted by Gasteiger charge is -2.30. The van der Waals surface area contributed by atoms with Crippen LogP contribution in [-0.2, 0) is 6.18 Å². The average molecular weight is 494 g/mol. The lowest BCUT2D eigenvalue weighted by molar-refractivity contribution is -0.137. The zero-order valence-electron chi connectivity index (χ0n) is 17.5. The molecule has 1 saturated heterocycles. The number of benzene rings is 1. The van der Waals surface area contributed by atoms with Crippen molar-refractivity contribution in [3.8, 4) is 23.1 Å². The van der Waals surface area contributed by atoms with Gasteiger partial charge in [0.25, 0.3) is 0 Å². The van der Waals surface area contributed by atoms with E-state index >= 15 is 0 Å². The molecule has 0 unspecified atom stereocenters. The Morgan fingerprint density at radius 1 is 1.24 bits per heavy atom. The van der Waals surface area contributed by atoms with Gasteiger partial charge in [0.2, 0.25) is 5.95 Å². The molecule has 33 heavy (non-hydrogen) atoms.